The fraction of sp³-hybridized carbons (Fsp3) is 0.429. The maximum atomic E-state index is 12.1. The molecule has 110 valence electrons. The molecule has 0 spiro atoms. The van der Waals surface area contributed by atoms with E-state index in [-0.39, 0.29) is 18.2 Å². The first-order chi connectivity index (χ1) is 9.19. The highest BCUT2D eigenvalue weighted by Gasteiger charge is 2.27. The van der Waals surface area contributed by atoms with Gasteiger partial charge in [0.15, 0.2) is 0 Å². The van der Waals surface area contributed by atoms with Crippen molar-refractivity contribution in [3.8, 4) is 0 Å². The minimum Gasteiger partial charge on any atom is -0.478 e. The molecule has 1 aromatic rings. The van der Waals surface area contributed by atoms with E-state index in [4.69, 9.17) is 5.11 Å². The van der Waals surface area contributed by atoms with Crippen LogP contribution in [0.3, 0.4) is 0 Å². The fourth-order valence-electron chi connectivity index (χ4n) is 1.52. The van der Waals surface area contributed by atoms with Gasteiger partial charge in [0.1, 0.15) is 0 Å². The van der Waals surface area contributed by atoms with Gasteiger partial charge in [-0.3, -0.25) is 0 Å². The maximum Gasteiger partial charge on any atom is 0.335 e. The summed E-state index contributed by atoms with van der Waals surface area (Å²) in [4.78, 5) is 24.3. The summed E-state index contributed by atoms with van der Waals surface area (Å²) in [6, 6.07) is 4.11. The van der Waals surface area contributed by atoms with Crippen molar-refractivity contribution in [2.45, 2.75) is 26.3 Å². The molecule has 0 unspecified atom stereocenters. The third-order valence-electron chi connectivity index (χ3n) is 3.31. The fourth-order valence-corrected chi connectivity index (χ4v) is 1.52. The molecule has 1 aromatic carbocycles. The van der Waals surface area contributed by atoms with Gasteiger partial charge in [0.2, 0.25) is 0 Å². The molecule has 6 heteroatoms. The molecule has 0 radical (unpaired) electrons. The van der Waals surface area contributed by atoms with E-state index in [0.717, 1.165) is 0 Å². The number of rotatable bonds is 4. The third-order valence-corrected chi connectivity index (χ3v) is 3.31. The van der Waals surface area contributed by atoms with E-state index in [1.807, 2.05) is 0 Å². The number of amides is 2. The molecule has 0 bridgehead atoms. The summed E-state index contributed by atoms with van der Waals surface area (Å²) < 4.78 is 0. The van der Waals surface area contributed by atoms with Crippen LogP contribution in [-0.2, 0) is 0 Å². The molecule has 0 aliphatic heterocycles. The lowest BCUT2D eigenvalue weighted by Gasteiger charge is -2.34. The van der Waals surface area contributed by atoms with Crippen molar-refractivity contribution in [3.05, 3.63) is 29.3 Å². The Kier molecular flexibility index (Phi) is 4.73. The van der Waals surface area contributed by atoms with Crippen molar-refractivity contribution in [2.24, 2.45) is 0 Å². The van der Waals surface area contributed by atoms with Crippen molar-refractivity contribution >= 4 is 17.7 Å². The van der Waals surface area contributed by atoms with Gasteiger partial charge in [0.25, 0.3) is 0 Å². The van der Waals surface area contributed by atoms with Gasteiger partial charge in [-0.1, -0.05) is 0 Å². The zero-order valence-electron chi connectivity index (χ0n) is 12.1. The number of likely N-dealkylation sites (N-methyl/N-ethyl adjacent to an activating group) is 1. The van der Waals surface area contributed by atoms with E-state index in [9.17, 15) is 14.7 Å². The molecular weight excluding hydrogens is 260 g/mol. The Morgan fingerprint density at radius 2 is 1.95 bits per heavy atom. The number of carbonyl (C=O) groups is 2. The second kappa shape index (κ2) is 5.92. The van der Waals surface area contributed by atoms with Crippen molar-refractivity contribution in [2.75, 3.05) is 19.0 Å². The van der Waals surface area contributed by atoms with E-state index in [0.29, 0.717) is 11.3 Å². The van der Waals surface area contributed by atoms with Crippen molar-refractivity contribution in [1.82, 2.24) is 4.90 Å². The lowest BCUT2D eigenvalue weighted by atomic mass is 10.1. The highest BCUT2D eigenvalue weighted by molar-refractivity contribution is 5.92. The van der Waals surface area contributed by atoms with E-state index >= 15 is 0 Å². The van der Waals surface area contributed by atoms with Crippen LogP contribution in [0.2, 0.25) is 0 Å². The second-order valence-corrected chi connectivity index (χ2v) is 5.29. The zero-order valence-corrected chi connectivity index (χ0v) is 12.1. The molecule has 0 atom stereocenters. The number of carbonyl (C=O) groups excluding carboxylic acids is 1. The molecule has 2 amide bonds. The van der Waals surface area contributed by atoms with Gasteiger partial charge in [-0.2, -0.15) is 0 Å². The van der Waals surface area contributed by atoms with Gasteiger partial charge in [-0.05, 0) is 44.5 Å². The molecule has 0 aromatic heterocycles. The number of aryl methyl sites for hydroxylation is 1. The Hall–Kier alpha value is -2.08. The molecule has 0 aliphatic carbocycles. The number of hydrogen-bond donors (Lipinski definition) is 3. The molecule has 0 saturated carbocycles. The van der Waals surface area contributed by atoms with Crippen molar-refractivity contribution < 1.29 is 19.8 Å². The first kappa shape index (κ1) is 16.0. The largest absolute Gasteiger partial charge is 0.478 e. The minimum absolute atomic E-state index is 0.159. The van der Waals surface area contributed by atoms with Gasteiger partial charge < -0.3 is 20.4 Å². The van der Waals surface area contributed by atoms with Gasteiger partial charge in [0.05, 0.1) is 17.7 Å². The van der Waals surface area contributed by atoms with Crippen LogP contribution in [0, 0.1) is 6.92 Å². The molecule has 0 aliphatic rings. The number of nitrogens with zero attached hydrogens (tertiary/aromatic N) is 1. The number of benzene rings is 1. The molecule has 20 heavy (non-hydrogen) atoms. The average molecular weight is 280 g/mol. The van der Waals surface area contributed by atoms with E-state index in [1.165, 1.54) is 17.0 Å². The number of urea groups is 1. The zero-order chi connectivity index (χ0) is 15.5. The van der Waals surface area contributed by atoms with E-state index < -0.39 is 11.5 Å². The van der Waals surface area contributed by atoms with Crippen LogP contribution in [0.4, 0.5) is 10.5 Å². The Labute approximate surface area is 118 Å². The molecule has 1 rings (SSSR count). The van der Waals surface area contributed by atoms with Gasteiger partial charge in [-0.15, -0.1) is 0 Å². The molecular formula is C14H20N2O4. The first-order valence-corrected chi connectivity index (χ1v) is 6.18. The van der Waals surface area contributed by atoms with E-state index in [1.54, 1.807) is 33.9 Å². The van der Waals surface area contributed by atoms with Gasteiger partial charge in [-0.25, -0.2) is 9.59 Å². The predicted molar refractivity (Wildman–Crippen MR) is 76.1 cm³/mol. The second-order valence-electron chi connectivity index (χ2n) is 5.29. The third kappa shape index (κ3) is 3.48. The predicted octanol–water partition coefficient (Wildman–Crippen LogP) is 1.93. The number of aliphatic hydroxyl groups is 1. The summed E-state index contributed by atoms with van der Waals surface area (Å²) in [7, 11) is 1.59. The molecule has 3 N–H and O–H groups in total. The number of carboxylic acid groups (broad SMARTS) is 1. The standard InChI is InChI=1S/C14H20N2O4/c1-9-7-10(12(18)19)5-6-11(9)15-13(20)16(4)14(2,3)8-17/h5-7,17H,8H2,1-4H3,(H,15,20)(H,18,19). The topological polar surface area (TPSA) is 89.9 Å². The number of aromatic carboxylic acids is 1. The van der Waals surface area contributed by atoms with Crippen LogP contribution in [-0.4, -0.2) is 46.3 Å². The summed E-state index contributed by atoms with van der Waals surface area (Å²) in [5, 5.41) is 20.8. The van der Waals surface area contributed by atoms with Crippen LogP contribution in [0.1, 0.15) is 29.8 Å². The Morgan fingerprint density at radius 1 is 1.35 bits per heavy atom. The van der Waals surface area contributed by atoms with Gasteiger partial charge in [0, 0.05) is 12.7 Å². The monoisotopic (exact) mass is 280 g/mol. The summed E-state index contributed by atoms with van der Waals surface area (Å²) >= 11 is 0. The van der Waals surface area contributed by atoms with E-state index in [2.05, 4.69) is 5.32 Å². The lowest BCUT2D eigenvalue weighted by molar-refractivity contribution is 0.0697. The number of carboxylic acids is 1. The minimum atomic E-state index is -1.01. The number of nitrogens with one attached hydrogen (secondary N) is 1. The SMILES string of the molecule is Cc1cc(C(=O)O)ccc1NC(=O)N(C)C(C)(C)CO. The highest BCUT2D eigenvalue weighted by Crippen LogP contribution is 2.19. The molecule has 0 heterocycles. The van der Waals surface area contributed by atoms with Crippen molar-refractivity contribution in [3.63, 3.8) is 0 Å². The smallest absolute Gasteiger partial charge is 0.335 e. The summed E-state index contributed by atoms with van der Waals surface area (Å²) in [5.74, 6) is -1.01. The quantitative estimate of drug-likeness (QED) is 0.786. The maximum absolute atomic E-state index is 12.1. The molecule has 0 fully saturated rings. The van der Waals surface area contributed by atoms with Crippen LogP contribution < -0.4 is 5.32 Å². The average Bonchev–Trinajstić information content (AvgIpc) is 2.39. The highest BCUT2D eigenvalue weighted by atomic mass is 16.4. The number of hydrogen-bond acceptors (Lipinski definition) is 3. The Bertz CT molecular complexity index is 526. The van der Waals surface area contributed by atoms with Crippen LogP contribution in [0.5, 0.6) is 0 Å². The number of anilines is 1. The Balaban J connectivity index is 2.89. The Morgan fingerprint density at radius 3 is 2.40 bits per heavy atom. The lowest BCUT2D eigenvalue weighted by Crippen LogP contribution is -2.49. The molecule has 6 nitrogen and oxygen atoms in total. The van der Waals surface area contributed by atoms with Crippen LogP contribution >= 0.6 is 0 Å². The van der Waals surface area contributed by atoms with Crippen molar-refractivity contribution in [1.29, 1.82) is 0 Å². The summed E-state index contributed by atoms with van der Waals surface area (Å²) in [5.41, 5.74) is 0.692. The van der Waals surface area contributed by atoms with Crippen LogP contribution in [0.15, 0.2) is 18.2 Å². The van der Waals surface area contributed by atoms with Crippen LogP contribution in [0.25, 0.3) is 0 Å². The first-order valence-electron chi connectivity index (χ1n) is 6.18. The summed E-state index contributed by atoms with van der Waals surface area (Å²) in [6.45, 7) is 5.05. The van der Waals surface area contributed by atoms with Gasteiger partial charge >= 0.3 is 12.0 Å². The molecule has 0 saturated heterocycles. The normalized spacial score (nSPS) is 11.1. The summed E-state index contributed by atoms with van der Waals surface area (Å²) in [6.07, 6.45) is 0. The number of aliphatic hydroxyl groups excluding tert-OH is 1.